The van der Waals surface area contributed by atoms with Crippen molar-refractivity contribution in [2.75, 3.05) is 13.6 Å². The van der Waals surface area contributed by atoms with Crippen LogP contribution >= 0.6 is 0 Å². The number of aromatic nitrogens is 1. The molecule has 1 aromatic heterocycles. The number of carbonyl (C=O) groups excluding carboxylic acids is 1. The molecule has 1 heterocycles. The van der Waals surface area contributed by atoms with Crippen molar-refractivity contribution in [3.05, 3.63) is 42.3 Å². The highest BCUT2D eigenvalue weighted by Crippen LogP contribution is 2.19. The fraction of sp³-hybridized carbons (Fsp3) is 0.333. The van der Waals surface area contributed by atoms with E-state index in [0.29, 0.717) is 5.89 Å². The van der Waals surface area contributed by atoms with E-state index in [4.69, 9.17) is 4.42 Å². The number of oxazole rings is 1. The van der Waals surface area contributed by atoms with Gasteiger partial charge in [-0.05, 0) is 18.6 Å². The maximum absolute atomic E-state index is 12.1. The van der Waals surface area contributed by atoms with Crippen molar-refractivity contribution in [2.24, 2.45) is 0 Å². The summed E-state index contributed by atoms with van der Waals surface area (Å²) in [6.45, 7) is 2.83. The van der Waals surface area contributed by atoms with Crippen LogP contribution in [-0.2, 0) is 0 Å². The molecule has 0 spiro atoms. The summed E-state index contributed by atoms with van der Waals surface area (Å²) < 4.78 is 5.53. The van der Waals surface area contributed by atoms with Gasteiger partial charge in [-0.15, -0.1) is 0 Å². The number of carbonyl (C=O) groups is 1. The average Bonchev–Trinajstić information content (AvgIpc) is 2.94. The second-order valence-electron chi connectivity index (χ2n) is 4.48. The highest BCUT2D eigenvalue weighted by atomic mass is 16.4. The Morgan fingerprint density at radius 3 is 2.74 bits per heavy atom. The first-order valence-electron chi connectivity index (χ1n) is 6.49. The van der Waals surface area contributed by atoms with Gasteiger partial charge in [0.05, 0.1) is 6.20 Å². The van der Waals surface area contributed by atoms with E-state index in [1.807, 2.05) is 30.3 Å². The summed E-state index contributed by atoms with van der Waals surface area (Å²) in [4.78, 5) is 17.9. The van der Waals surface area contributed by atoms with Gasteiger partial charge < -0.3 is 9.32 Å². The Morgan fingerprint density at radius 2 is 2.05 bits per heavy atom. The van der Waals surface area contributed by atoms with Crippen LogP contribution in [0.2, 0.25) is 0 Å². The number of hydrogen-bond acceptors (Lipinski definition) is 3. The fourth-order valence-corrected chi connectivity index (χ4v) is 1.77. The number of amides is 1. The number of rotatable bonds is 5. The monoisotopic (exact) mass is 258 g/mol. The molecule has 0 aliphatic rings. The van der Waals surface area contributed by atoms with Gasteiger partial charge in [-0.2, -0.15) is 0 Å². The van der Waals surface area contributed by atoms with Gasteiger partial charge in [-0.3, -0.25) is 4.79 Å². The first-order valence-corrected chi connectivity index (χ1v) is 6.49. The Morgan fingerprint density at radius 1 is 1.32 bits per heavy atom. The second-order valence-corrected chi connectivity index (χ2v) is 4.48. The Bertz CT molecular complexity index is 534. The third-order valence-corrected chi connectivity index (χ3v) is 2.93. The lowest BCUT2D eigenvalue weighted by atomic mass is 10.2. The lowest BCUT2D eigenvalue weighted by Crippen LogP contribution is -2.27. The molecule has 0 atom stereocenters. The van der Waals surface area contributed by atoms with Crippen LogP contribution in [0.3, 0.4) is 0 Å². The molecule has 0 aliphatic heterocycles. The van der Waals surface area contributed by atoms with E-state index >= 15 is 0 Å². The van der Waals surface area contributed by atoms with Crippen molar-refractivity contribution in [3.8, 4) is 11.5 Å². The molecule has 0 bridgehead atoms. The standard InChI is InChI=1S/C15H18N2O2/c1-3-4-10-17(2)15(18)13-11-16-14(19-13)12-8-6-5-7-9-12/h5-9,11H,3-4,10H2,1-2H3. The number of nitrogens with zero attached hydrogens (tertiary/aromatic N) is 2. The van der Waals surface area contributed by atoms with E-state index < -0.39 is 0 Å². The van der Waals surface area contributed by atoms with Crippen LogP contribution in [0.25, 0.3) is 11.5 Å². The highest BCUT2D eigenvalue weighted by molar-refractivity contribution is 5.91. The molecule has 1 amide bonds. The Balaban J connectivity index is 2.11. The van der Waals surface area contributed by atoms with Crippen molar-refractivity contribution in [3.63, 3.8) is 0 Å². The molecule has 2 aromatic rings. The van der Waals surface area contributed by atoms with Crippen molar-refractivity contribution in [1.29, 1.82) is 0 Å². The molecule has 0 aliphatic carbocycles. The predicted molar refractivity (Wildman–Crippen MR) is 73.8 cm³/mol. The van der Waals surface area contributed by atoms with Gasteiger partial charge in [0, 0.05) is 19.2 Å². The van der Waals surface area contributed by atoms with Crippen molar-refractivity contribution in [2.45, 2.75) is 19.8 Å². The van der Waals surface area contributed by atoms with E-state index in [0.717, 1.165) is 24.9 Å². The SMILES string of the molecule is CCCCN(C)C(=O)c1cnc(-c2ccccc2)o1. The van der Waals surface area contributed by atoms with E-state index in [2.05, 4.69) is 11.9 Å². The summed E-state index contributed by atoms with van der Waals surface area (Å²) in [5, 5.41) is 0. The molecular formula is C15H18N2O2. The molecular weight excluding hydrogens is 240 g/mol. The van der Waals surface area contributed by atoms with E-state index in [1.54, 1.807) is 11.9 Å². The van der Waals surface area contributed by atoms with Crippen LogP contribution in [0.5, 0.6) is 0 Å². The van der Waals surface area contributed by atoms with Crippen LogP contribution in [0, 0.1) is 0 Å². The lowest BCUT2D eigenvalue weighted by molar-refractivity contribution is 0.0763. The molecule has 1 aromatic carbocycles. The third kappa shape index (κ3) is 3.22. The fourth-order valence-electron chi connectivity index (χ4n) is 1.77. The summed E-state index contributed by atoms with van der Waals surface area (Å²) >= 11 is 0. The molecule has 4 nitrogen and oxygen atoms in total. The Kier molecular flexibility index (Phi) is 4.34. The van der Waals surface area contributed by atoms with E-state index in [-0.39, 0.29) is 11.7 Å². The van der Waals surface area contributed by atoms with Crippen LogP contribution in [-0.4, -0.2) is 29.4 Å². The summed E-state index contributed by atoms with van der Waals surface area (Å²) in [6.07, 6.45) is 3.54. The predicted octanol–water partition coefficient (Wildman–Crippen LogP) is 3.21. The number of hydrogen-bond donors (Lipinski definition) is 0. The molecule has 0 unspecified atom stereocenters. The minimum Gasteiger partial charge on any atom is -0.431 e. The average molecular weight is 258 g/mol. The third-order valence-electron chi connectivity index (χ3n) is 2.93. The normalized spacial score (nSPS) is 10.4. The van der Waals surface area contributed by atoms with E-state index in [9.17, 15) is 4.79 Å². The molecule has 2 rings (SSSR count). The maximum atomic E-state index is 12.1. The highest BCUT2D eigenvalue weighted by Gasteiger charge is 2.17. The van der Waals surface area contributed by atoms with Crippen LogP contribution in [0.4, 0.5) is 0 Å². The van der Waals surface area contributed by atoms with Crippen molar-refractivity contribution < 1.29 is 9.21 Å². The largest absolute Gasteiger partial charge is 0.431 e. The van der Waals surface area contributed by atoms with Crippen molar-refractivity contribution >= 4 is 5.91 Å². The van der Waals surface area contributed by atoms with Gasteiger partial charge in [0.1, 0.15) is 0 Å². The molecule has 0 N–H and O–H groups in total. The summed E-state index contributed by atoms with van der Waals surface area (Å²) in [5.74, 6) is 0.647. The van der Waals surface area contributed by atoms with Crippen molar-refractivity contribution in [1.82, 2.24) is 9.88 Å². The molecule has 0 saturated heterocycles. The van der Waals surface area contributed by atoms with Gasteiger partial charge in [-0.25, -0.2) is 4.98 Å². The number of unbranched alkanes of at least 4 members (excludes halogenated alkanes) is 1. The summed E-state index contributed by atoms with van der Waals surface area (Å²) in [5.41, 5.74) is 0.873. The van der Waals surface area contributed by atoms with Gasteiger partial charge in [-0.1, -0.05) is 31.5 Å². The lowest BCUT2D eigenvalue weighted by Gasteiger charge is -2.14. The Labute approximate surface area is 113 Å². The molecule has 4 heteroatoms. The van der Waals surface area contributed by atoms with Gasteiger partial charge in [0.15, 0.2) is 0 Å². The topological polar surface area (TPSA) is 46.3 Å². The molecule has 0 fully saturated rings. The molecule has 100 valence electrons. The zero-order chi connectivity index (χ0) is 13.7. The first-order chi connectivity index (χ1) is 9.22. The number of benzene rings is 1. The summed E-state index contributed by atoms with van der Waals surface area (Å²) in [7, 11) is 1.78. The van der Waals surface area contributed by atoms with Gasteiger partial charge in [0.25, 0.3) is 5.91 Å². The zero-order valence-electron chi connectivity index (χ0n) is 11.3. The molecule has 0 radical (unpaired) electrons. The summed E-state index contributed by atoms with van der Waals surface area (Å²) in [6, 6.07) is 9.56. The minimum absolute atomic E-state index is 0.122. The van der Waals surface area contributed by atoms with Gasteiger partial charge >= 0.3 is 0 Å². The van der Waals surface area contributed by atoms with E-state index in [1.165, 1.54) is 6.20 Å². The van der Waals surface area contributed by atoms with Crippen LogP contribution in [0.15, 0.2) is 40.9 Å². The van der Waals surface area contributed by atoms with Gasteiger partial charge in [0.2, 0.25) is 11.7 Å². The maximum Gasteiger partial charge on any atom is 0.291 e. The second kappa shape index (κ2) is 6.18. The van der Waals surface area contributed by atoms with Crippen LogP contribution in [0.1, 0.15) is 30.3 Å². The quantitative estimate of drug-likeness (QED) is 0.827. The molecule has 19 heavy (non-hydrogen) atoms. The van der Waals surface area contributed by atoms with Crippen LogP contribution < -0.4 is 0 Å². The Hall–Kier alpha value is -2.10. The zero-order valence-corrected chi connectivity index (χ0v) is 11.3. The molecule has 0 saturated carbocycles. The minimum atomic E-state index is -0.122. The smallest absolute Gasteiger partial charge is 0.291 e. The first kappa shape index (κ1) is 13.3.